The molecular formula is C13H16N4OS2. The standard InChI is InChI=1S/C13H16N4OS2/c1-7-3-4-20-11(7)8-5-9(8)12(18)14-6-10-15-16-13(19)17(10)2/h3-4,8-9H,5-6H2,1-2H3,(H,14,18)(H,16,19)/t8-,9-/m0/s1. The van der Waals surface area contributed by atoms with Gasteiger partial charge in [0.25, 0.3) is 0 Å². The molecule has 0 radical (unpaired) electrons. The molecule has 0 spiro atoms. The van der Waals surface area contributed by atoms with E-state index in [0.29, 0.717) is 17.2 Å². The molecule has 0 unspecified atom stereocenters. The van der Waals surface area contributed by atoms with Crippen LogP contribution in [0.2, 0.25) is 0 Å². The first-order valence-electron chi connectivity index (χ1n) is 6.50. The molecule has 2 aromatic rings. The molecule has 5 nitrogen and oxygen atoms in total. The highest BCUT2D eigenvalue weighted by Crippen LogP contribution is 2.50. The molecule has 20 heavy (non-hydrogen) atoms. The minimum atomic E-state index is 0.108. The van der Waals surface area contributed by atoms with Gasteiger partial charge in [-0.2, -0.15) is 5.10 Å². The van der Waals surface area contributed by atoms with Crippen LogP contribution in [0.3, 0.4) is 0 Å². The smallest absolute Gasteiger partial charge is 0.224 e. The van der Waals surface area contributed by atoms with E-state index in [1.807, 2.05) is 7.05 Å². The van der Waals surface area contributed by atoms with Gasteiger partial charge in [-0.15, -0.1) is 11.3 Å². The molecule has 1 amide bonds. The average Bonchev–Trinajstić information content (AvgIpc) is 3.02. The summed E-state index contributed by atoms with van der Waals surface area (Å²) >= 11 is 6.78. The van der Waals surface area contributed by atoms with Crippen LogP contribution in [0.4, 0.5) is 0 Å². The maximum atomic E-state index is 12.1. The first-order chi connectivity index (χ1) is 9.58. The number of rotatable bonds is 4. The van der Waals surface area contributed by atoms with Crippen LogP contribution >= 0.6 is 23.6 Å². The van der Waals surface area contributed by atoms with Crippen molar-refractivity contribution < 1.29 is 4.79 Å². The van der Waals surface area contributed by atoms with Crippen LogP contribution in [0, 0.1) is 17.6 Å². The van der Waals surface area contributed by atoms with E-state index < -0.39 is 0 Å². The van der Waals surface area contributed by atoms with Gasteiger partial charge in [-0.3, -0.25) is 9.89 Å². The van der Waals surface area contributed by atoms with Crippen molar-refractivity contribution in [1.29, 1.82) is 0 Å². The van der Waals surface area contributed by atoms with Gasteiger partial charge in [-0.05, 0) is 42.6 Å². The van der Waals surface area contributed by atoms with E-state index in [1.54, 1.807) is 15.9 Å². The van der Waals surface area contributed by atoms with Crippen LogP contribution in [0.15, 0.2) is 11.4 Å². The predicted molar refractivity (Wildman–Crippen MR) is 80.1 cm³/mol. The summed E-state index contributed by atoms with van der Waals surface area (Å²) in [5.41, 5.74) is 1.30. The van der Waals surface area contributed by atoms with Crippen LogP contribution in [0.25, 0.3) is 0 Å². The number of aryl methyl sites for hydroxylation is 1. The molecule has 1 aliphatic rings. The highest BCUT2D eigenvalue weighted by Gasteiger charge is 2.45. The quantitative estimate of drug-likeness (QED) is 0.852. The summed E-state index contributed by atoms with van der Waals surface area (Å²) in [6.07, 6.45) is 0.951. The number of thiophene rings is 1. The van der Waals surface area contributed by atoms with Crippen molar-refractivity contribution in [2.45, 2.75) is 25.8 Å². The van der Waals surface area contributed by atoms with Crippen molar-refractivity contribution >= 4 is 29.5 Å². The normalized spacial score (nSPS) is 20.9. The molecule has 2 aromatic heterocycles. The van der Waals surface area contributed by atoms with Gasteiger partial charge in [0.15, 0.2) is 10.6 Å². The zero-order chi connectivity index (χ0) is 14.3. The molecule has 1 aliphatic carbocycles. The number of hydrogen-bond acceptors (Lipinski definition) is 4. The first kappa shape index (κ1) is 13.5. The van der Waals surface area contributed by atoms with Crippen molar-refractivity contribution in [3.05, 3.63) is 32.5 Å². The topological polar surface area (TPSA) is 62.7 Å². The largest absolute Gasteiger partial charge is 0.349 e. The average molecular weight is 308 g/mol. The second-order valence-corrected chi connectivity index (χ2v) is 6.47. The van der Waals surface area contributed by atoms with Crippen molar-refractivity contribution in [3.8, 4) is 0 Å². The fourth-order valence-corrected chi connectivity index (χ4v) is 3.63. The number of nitrogens with zero attached hydrogens (tertiary/aromatic N) is 2. The van der Waals surface area contributed by atoms with Crippen LogP contribution in [-0.2, 0) is 18.4 Å². The number of aromatic amines is 1. The Morgan fingerprint density at radius 3 is 3.10 bits per heavy atom. The van der Waals surface area contributed by atoms with Crippen molar-refractivity contribution in [2.75, 3.05) is 0 Å². The summed E-state index contributed by atoms with van der Waals surface area (Å²) in [4.78, 5) is 13.5. The molecule has 1 saturated carbocycles. The van der Waals surface area contributed by atoms with Crippen LogP contribution < -0.4 is 5.32 Å². The van der Waals surface area contributed by atoms with E-state index in [-0.39, 0.29) is 11.8 Å². The number of nitrogens with one attached hydrogen (secondary N) is 2. The Bertz CT molecular complexity index is 699. The number of aromatic nitrogens is 3. The lowest BCUT2D eigenvalue weighted by molar-refractivity contribution is -0.122. The van der Waals surface area contributed by atoms with Crippen molar-refractivity contribution in [3.63, 3.8) is 0 Å². The third-order valence-electron chi connectivity index (χ3n) is 3.76. The Morgan fingerprint density at radius 1 is 1.70 bits per heavy atom. The van der Waals surface area contributed by atoms with Gasteiger partial charge >= 0.3 is 0 Å². The Balaban J connectivity index is 1.58. The molecule has 2 atom stereocenters. The first-order valence-corrected chi connectivity index (χ1v) is 7.78. The Kier molecular flexibility index (Phi) is 3.47. The summed E-state index contributed by atoms with van der Waals surface area (Å²) in [7, 11) is 1.84. The fourth-order valence-electron chi connectivity index (χ4n) is 2.37. The second kappa shape index (κ2) is 5.14. The van der Waals surface area contributed by atoms with E-state index in [2.05, 4.69) is 33.9 Å². The monoisotopic (exact) mass is 308 g/mol. The zero-order valence-electron chi connectivity index (χ0n) is 11.3. The lowest BCUT2D eigenvalue weighted by atomic mass is 10.2. The minimum Gasteiger partial charge on any atom is -0.349 e. The molecule has 7 heteroatoms. The molecule has 1 fully saturated rings. The van der Waals surface area contributed by atoms with Gasteiger partial charge in [0.1, 0.15) is 0 Å². The summed E-state index contributed by atoms with van der Waals surface area (Å²) in [5.74, 6) is 1.36. The zero-order valence-corrected chi connectivity index (χ0v) is 13.0. The van der Waals surface area contributed by atoms with E-state index in [0.717, 1.165) is 12.2 Å². The minimum absolute atomic E-state index is 0.108. The Labute approximate surface area is 126 Å². The van der Waals surface area contributed by atoms with Gasteiger partial charge in [0.2, 0.25) is 5.91 Å². The molecular weight excluding hydrogens is 292 g/mol. The molecule has 2 N–H and O–H groups in total. The maximum absolute atomic E-state index is 12.1. The highest BCUT2D eigenvalue weighted by atomic mass is 32.1. The van der Waals surface area contributed by atoms with Crippen molar-refractivity contribution in [1.82, 2.24) is 20.1 Å². The van der Waals surface area contributed by atoms with Gasteiger partial charge in [0, 0.05) is 23.8 Å². The van der Waals surface area contributed by atoms with E-state index in [1.165, 1.54) is 10.4 Å². The Hall–Kier alpha value is -1.47. The summed E-state index contributed by atoms with van der Waals surface area (Å²) < 4.78 is 2.33. The SMILES string of the molecule is Cc1ccsc1[C@H]1C[C@@H]1C(=O)NCc1n[nH]c(=S)n1C. The summed E-state index contributed by atoms with van der Waals surface area (Å²) in [6.45, 7) is 2.52. The lowest BCUT2D eigenvalue weighted by Gasteiger charge is -2.04. The second-order valence-electron chi connectivity index (χ2n) is 5.14. The van der Waals surface area contributed by atoms with Gasteiger partial charge in [-0.1, -0.05) is 0 Å². The maximum Gasteiger partial charge on any atom is 0.224 e. The Morgan fingerprint density at radius 2 is 2.50 bits per heavy atom. The number of H-pyrrole nitrogens is 1. The van der Waals surface area contributed by atoms with E-state index in [4.69, 9.17) is 12.2 Å². The molecule has 0 aliphatic heterocycles. The van der Waals surface area contributed by atoms with Crippen LogP contribution in [0.5, 0.6) is 0 Å². The molecule has 0 aromatic carbocycles. The molecule has 2 heterocycles. The highest BCUT2D eigenvalue weighted by molar-refractivity contribution is 7.71. The van der Waals surface area contributed by atoms with Gasteiger partial charge in [-0.25, -0.2) is 0 Å². The number of amides is 1. The molecule has 106 valence electrons. The molecule has 3 rings (SSSR count). The van der Waals surface area contributed by atoms with Gasteiger partial charge in [0.05, 0.1) is 6.54 Å². The van der Waals surface area contributed by atoms with E-state index in [9.17, 15) is 4.79 Å². The number of hydrogen-bond donors (Lipinski definition) is 2. The lowest BCUT2D eigenvalue weighted by Crippen LogP contribution is -2.26. The predicted octanol–water partition coefficient (Wildman–Crippen LogP) is 2.27. The number of carbonyl (C=O) groups is 1. The summed E-state index contributed by atoms with van der Waals surface area (Å²) in [5, 5.41) is 11.8. The molecule has 0 bridgehead atoms. The third kappa shape index (κ3) is 2.43. The van der Waals surface area contributed by atoms with E-state index >= 15 is 0 Å². The summed E-state index contributed by atoms with van der Waals surface area (Å²) in [6, 6.07) is 2.11. The van der Waals surface area contributed by atoms with Gasteiger partial charge < -0.3 is 9.88 Å². The van der Waals surface area contributed by atoms with Crippen molar-refractivity contribution in [2.24, 2.45) is 13.0 Å². The molecule has 0 saturated heterocycles. The van der Waals surface area contributed by atoms with Crippen LogP contribution in [-0.4, -0.2) is 20.7 Å². The third-order valence-corrected chi connectivity index (χ3v) is 5.27. The number of carbonyl (C=O) groups excluding carboxylic acids is 1. The van der Waals surface area contributed by atoms with Crippen LogP contribution in [0.1, 0.15) is 28.6 Å². The fraction of sp³-hybridized carbons (Fsp3) is 0.462.